The SMILES string of the molecule is NC1=CCC2(SCCS2)C2=C1C1CCCCN1C2=O. The van der Waals surface area contributed by atoms with Crippen molar-refractivity contribution in [2.45, 2.75) is 35.8 Å². The zero-order valence-corrected chi connectivity index (χ0v) is 12.5. The van der Waals surface area contributed by atoms with Gasteiger partial charge in [-0.25, -0.2) is 0 Å². The third kappa shape index (κ3) is 1.57. The Bertz CT molecular complexity index is 506. The number of amides is 1. The van der Waals surface area contributed by atoms with E-state index in [1.807, 2.05) is 23.5 Å². The predicted molar refractivity (Wildman–Crippen MR) is 80.9 cm³/mol. The summed E-state index contributed by atoms with van der Waals surface area (Å²) < 4.78 is -0.0212. The topological polar surface area (TPSA) is 46.3 Å². The van der Waals surface area contributed by atoms with Gasteiger partial charge in [-0.1, -0.05) is 6.08 Å². The molecule has 4 aliphatic rings. The Hall–Kier alpha value is -0.550. The van der Waals surface area contributed by atoms with Crippen LogP contribution in [0.4, 0.5) is 0 Å². The van der Waals surface area contributed by atoms with Crippen molar-refractivity contribution in [3.05, 3.63) is 22.9 Å². The molecule has 3 heterocycles. The highest BCUT2D eigenvalue weighted by molar-refractivity contribution is 8.21. The summed E-state index contributed by atoms with van der Waals surface area (Å²) >= 11 is 3.90. The van der Waals surface area contributed by atoms with Gasteiger partial charge in [0.1, 0.15) is 0 Å². The van der Waals surface area contributed by atoms with Crippen LogP contribution in [0.1, 0.15) is 25.7 Å². The van der Waals surface area contributed by atoms with Crippen molar-refractivity contribution in [1.29, 1.82) is 0 Å². The molecule has 0 bridgehead atoms. The van der Waals surface area contributed by atoms with Gasteiger partial charge in [-0.05, 0) is 25.7 Å². The molecule has 2 saturated heterocycles. The van der Waals surface area contributed by atoms with Gasteiger partial charge in [0.15, 0.2) is 0 Å². The summed E-state index contributed by atoms with van der Waals surface area (Å²) in [5.74, 6) is 2.57. The average Bonchev–Trinajstić information content (AvgIpc) is 3.00. The first-order valence-corrected chi connectivity index (χ1v) is 9.00. The third-order valence-electron chi connectivity index (χ3n) is 4.62. The number of nitrogens with zero attached hydrogens (tertiary/aromatic N) is 1. The minimum atomic E-state index is -0.0212. The van der Waals surface area contributed by atoms with Crippen LogP contribution in [-0.2, 0) is 4.79 Å². The Balaban J connectivity index is 1.85. The largest absolute Gasteiger partial charge is 0.399 e. The highest BCUT2D eigenvalue weighted by atomic mass is 32.2. The van der Waals surface area contributed by atoms with Crippen LogP contribution in [0, 0.1) is 0 Å². The molecular formula is C14H18N2OS2. The van der Waals surface area contributed by atoms with Crippen molar-refractivity contribution >= 4 is 29.4 Å². The lowest BCUT2D eigenvalue weighted by Crippen LogP contribution is -2.40. The van der Waals surface area contributed by atoms with E-state index in [0.29, 0.717) is 0 Å². The lowest BCUT2D eigenvalue weighted by Gasteiger charge is -2.32. The highest BCUT2D eigenvalue weighted by Gasteiger charge is 2.53. The third-order valence-corrected chi connectivity index (χ3v) is 8.07. The van der Waals surface area contributed by atoms with Gasteiger partial charge in [0.2, 0.25) is 0 Å². The van der Waals surface area contributed by atoms with E-state index < -0.39 is 0 Å². The van der Waals surface area contributed by atoms with E-state index in [4.69, 9.17) is 5.73 Å². The maximum absolute atomic E-state index is 12.8. The van der Waals surface area contributed by atoms with Gasteiger partial charge >= 0.3 is 0 Å². The normalized spacial score (nSPS) is 32.6. The quantitative estimate of drug-likeness (QED) is 0.743. The Kier molecular flexibility index (Phi) is 2.71. The van der Waals surface area contributed by atoms with Gasteiger partial charge in [-0.15, -0.1) is 23.5 Å². The first-order chi connectivity index (χ1) is 9.23. The van der Waals surface area contributed by atoms with Crippen LogP contribution in [0.25, 0.3) is 0 Å². The number of fused-ring (bicyclic) bond motifs is 3. The van der Waals surface area contributed by atoms with Crippen LogP contribution in [0.2, 0.25) is 0 Å². The summed E-state index contributed by atoms with van der Waals surface area (Å²) in [4.78, 5) is 14.9. The second-order valence-corrected chi connectivity index (χ2v) is 8.66. The molecule has 4 rings (SSSR count). The molecule has 102 valence electrons. The Morgan fingerprint density at radius 3 is 2.89 bits per heavy atom. The van der Waals surface area contributed by atoms with Crippen molar-refractivity contribution in [1.82, 2.24) is 4.90 Å². The van der Waals surface area contributed by atoms with Crippen molar-refractivity contribution in [2.24, 2.45) is 5.73 Å². The van der Waals surface area contributed by atoms with Crippen LogP contribution in [0.3, 0.4) is 0 Å². The number of nitrogens with two attached hydrogens (primary N) is 1. The fourth-order valence-electron chi connectivity index (χ4n) is 3.78. The molecule has 3 nitrogen and oxygen atoms in total. The Morgan fingerprint density at radius 2 is 2.11 bits per heavy atom. The summed E-state index contributed by atoms with van der Waals surface area (Å²) in [6.45, 7) is 0.912. The van der Waals surface area contributed by atoms with Crippen LogP contribution < -0.4 is 5.73 Å². The predicted octanol–water partition coefficient (Wildman–Crippen LogP) is 2.10. The van der Waals surface area contributed by atoms with E-state index in [-0.39, 0.29) is 16.0 Å². The second kappa shape index (κ2) is 4.22. The van der Waals surface area contributed by atoms with Crippen molar-refractivity contribution < 1.29 is 4.79 Å². The minimum absolute atomic E-state index is 0.0212. The van der Waals surface area contributed by atoms with Crippen LogP contribution >= 0.6 is 23.5 Å². The molecule has 0 aromatic carbocycles. The van der Waals surface area contributed by atoms with Crippen LogP contribution in [0.5, 0.6) is 0 Å². The van der Waals surface area contributed by atoms with E-state index in [9.17, 15) is 4.79 Å². The number of allylic oxidation sites excluding steroid dienone is 1. The first kappa shape index (κ1) is 12.2. The van der Waals surface area contributed by atoms with Gasteiger partial charge in [0.25, 0.3) is 5.91 Å². The summed E-state index contributed by atoms with van der Waals surface area (Å²) in [7, 11) is 0. The average molecular weight is 294 g/mol. The smallest absolute Gasteiger partial charge is 0.253 e. The number of carbonyl (C=O) groups is 1. The molecule has 1 amide bonds. The van der Waals surface area contributed by atoms with Gasteiger partial charge < -0.3 is 10.6 Å². The van der Waals surface area contributed by atoms with Crippen molar-refractivity contribution in [2.75, 3.05) is 18.1 Å². The number of hydrogen-bond donors (Lipinski definition) is 1. The lowest BCUT2D eigenvalue weighted by atomic mass is 9.89. The molecule has 0 radical (unpaired) electrons. The fourth-order valence-corrected chi connectivity index (χ4v) is 7.02. The standard InChI is InChI=1S/C14H18N2OS2/c15-9-4-5-14(18-7-8-19-14)12-11(9)10-3-1-2-6-16(10)13(12)17/h4,10H,1-3,5-8,15H2. The zero-order valence-electron chi connectivity index (χ0n) is 10.9. The Labute approximate surface area is 122 Å². The molecule has 2 fully saturated rings. The highest BCUT2D eigenvalue weighted by Crippen LogP contribution is 2.57. The molecule has 2 N–H and O–H groups in total. The summed E-state index contributed by atoms with van der Waals surface area (Å²) in [6, 6.07) is 0.270. The van der Waals surface area contributed by atoms with Crippen molar-refractivity contribution in [3.63, 3.8) is 0 Å². The first-order valence-electron chi connectivity index (χ1n) is 7.02. The number of rotatable bonds is 0. The Morgan fingerprint density at radius 1 is 1.32 bits per heavy atom. The second-order valence-electron chi connectivity index (χ2n) is 5.61. The minimum Gasteiger partial charge on any atom is -0.399 e. The number of piperidine rings is 1. The van der Waals surface area contributed by atoms with E-state index >= 15 is 0 Å². The van der Waals surface area contributed by atoms with E-state index in [0.717, 1.165) is 48.6 Å². The maximum atomic E-state index is 12.8. The van der Waals surface area contributed by atoms with Gasteiger partial charge in [-0.3, -0.25) is 4.79 Å². The van der Waals surface area contributed by atoms with Crippen LogP contribution in [0.15, 0.2) is 22.9 Å². The lowest BCUT2D eigenvalue weighted by molar-refractivity contribution is -0.128. The summed E-state index contributed by atoms with van der Waals surface area (Å²) in [6.07, 6.45) is 6.52. The molecule has 3 aliphatic heterocycles. The van der Waals surface area contributed by atoms with Crippen molar-refractivity contribution in [3.8, 4) is 0 Å². The van der Waals surface area contributed by atoms with Gasteiger partial charge in [0, 0.05) is 29.3 Å². The monoisotopic (exact) mass is 294 g/mol. The number of carbonyl (C=O) groups excluding carboxylic acids is 1. The molecule has 19 heavy (non-hydrogen) atoms. The van der Waals surface area contributed by atoms with E-state index in [1.54, 1.807) is 0 Å². The van der Waals surface area contributed by atoms with E-state index in [1.165, 1.54) is 12.0 Å². The molecule has 5 heteroatoms. The van der Waals surface area contributed by atoms with Gasteiger partial charge in [-0.2, -0.15) is 0 Å². The fraction of sp³-hybridized carbons (Fsp3) is 0.643. The molecule has 1 aliphatic carbocycles. The molecule has 0 aromatic rings. The molecule has 0 saturated carbocycles. The molecule has 1 spiro atoms. The zero-order chi connectivity index (χ0) is 13.0. The molecule has 0 aromatic heterocycles. The summed E-state index contributed by atoms with van der Waals surface area (Å²) in [5, 5.41) is 0. The maximum Gasteiger partial charge on any atom is 0.253 e. The molecule has 1 atom stereocenters. The number of thioether (sulfide) groups is 2. The van der Waals surface area contributed by atoms with Gasteiger partial charge in [0.05, 0.1) is 15.7 Å². The number of hydrogen-bond acceptors (Lipinski definition) is 4. The van der Waals surface area contributed by atoms with E-state index in [2.05, 4.69) is 11.0 Å². The van der Waals surface area contributed by atoms with Crippen LogP contribution in [-0.4, -0.2) is 39.0 Å². The molecular weight excluding hydrogens is 276 g/mol. The summed E-state index contributed by atoms with van der Waals surface area (Å²) in [5.41, 5.74) is 9.34. The molecule has 1 unspecified atom stereocenters.